The van der Waals surface area contributed by atoms with Gasteiger partial charge in [0.05, 0.1) is 37.6 Å². The van der Waals surface area contributed by atoms with E-state index < -0.39 is 0 Å². The van der Waals surface area contributed by atoms with E-state index in [1.807, 2.05) is 24.5 Å². The van der Waals surface area contributed by atoms with E-state index in [1.165, 1.54) is 34.6 Å². The van der Waals surface area contributed by atoms with Gasteiger partial charge in [-0.2, -0.15) is 0 Å². The maximum Gasteiger partial charge on any atom is 0.243 e. The van der Waals surface area contributed by atoms with E-state index in [1.54, 1.807) is 0 Å². The molecule has 4 heterocycles. The standard InChI is InChI=1S/C24H32N5/c1-18-8-6-13-25-23(18)21-10-5-11-22(24-19(2)9-7-14-26-24)29(21)15-12-20-16-27(3)17-28(20)4/h6-9,13-14,16-17,21-22H,5,10-12,15H2,1-4H3/q+1. The normalized spacial score (nSPS) is 20.1. The Morgan fingerprint density at radius 1 is 1.00 bits per heavy atom. The highest BCUT2D eigenvalue weighted by Gasteiger charge is 2.35. The van der Waals surface area contributed by atoms with E-state index in [0.29, 0.717) is 12.1 Å². The number of rotatable bonds is 5. The number of aromatic nitrogens is 4. The summed E-state index contributed by atoms with van der Waals surface area (Å²) in [6.45, 7) is 5.37. The van der Waals surface area contributed by atoms with Gasteiger partial charge in [0.1, 0.15) is 11.9 Å². The van der Waals surface area contributed by atoms with Crippen molar-refractivity contribution in [3.05, 3.63) is 77.4 Å². The molecule has 0 radical (unpaired) electrons. The number of nitrogens with zero attached hydrogens (tertiary/aromatic N) is 5. The van der Waals surface area contributed by atoms with Crippen molar-refractivity contribution in [2.45, 2.75) is 51.6 Å². The van der Waals surface area contributed by atoms with Gasteiger partial charge < -0.3 is 0 Å². The van der Waals surface area contributed by atoms with Gasteiger partial charge in [-0.1, -0.05) is 12.1 Å². The fraction of sp³-hybridized carbons (Fsp3) is 0.458. The Balaban J connectivity index is 1.69. The molecule has 3 aromatic heterocycles. The lowest BCUT2D eigenvalue weighted by Gasteiger charge is -2.42. The van der Waals surface area contributed by atoms with Crippen molar-refractivity contribution in [1.82, 2.24) is 19.4 Å². The van der Waals surface area contributed by atoms with Crippen LogP contribution in [0.25, 0.3) is 0 Å². The molecule has 2 unspecified atom stereocenters. The second-order valence-corrected chi connectivity index (χ2v) is 8.37. The van der Waals surface area contributed by atoms with Crippen LogP contribution < -0.4 is 4.57 Å². The third-order valence-electron chi connectivity index (χ3n) is 6.27. The number of hydrogen-bond donors (Lipinski definition) is 0. The second kappa shape index (κ2) is 8.46. The number of piperidine rings is 1. The van der Waals surface area contributed by atoms with E-state index in [4.69, 9.17) is 9.97 Å². The van der Waals surface area contributed by atoms with E-state index in [2.05, 4.69) is 66.6 Å². The molecule has 0 N–H and O–H groups in total. The summed E-state index contributed by atoms with van der Waals surface area (Å²) in [7, 11) is 4.22. The average molecular weight is 391 g/mol. The SMILES string of the molecule is Cc1cccnc1C1CCCC(c2ncccc2C)N1CCc1c[n+](C)cn1C. The minimum Gasteiger partial charge on any atom is -0.286 e. The Bertz CT molecular complexity index is 923. The summed E-state index contributed by atoms with van der Waals surface area (Å²) in [5.74, 6) is 0. The molecule has 1 saturated heterocycles. The van der Waals surface area contributed by atoms with Gasteiger partial charge in [0.25, 0.3) is 0 Å². The molecule has 1 aliphatic heterocycles. The maximum atomic E-state index is 4.81. The Hall–Kier alpha value is -2.53. The lowest BCUT2D eigenvalue weighted by molar-refractivity contribution is -0.671. The van der Waals surface area contributed by atoms with Gasteiger partial charge in [-0.15, -0.1) is 0 Å². The molecule has 0 aromatic carbocycles. The van der Waals surface area contributed by atoms with Gasteiger partial charge in [-0.05, 0) is 56.4 Å². The van der Waals surface area contributed by atoms with Crippen LogP contribution in [0, 0.1) is 13.8 Å². The molecule has 4 rings (SSSR count). The van der Waals surface area contributed by atoms with Crippen LogP contribution in [-0.4, -0.2) is 26.0 Å². The molecule has 0 aliphatic carbocycles. The Kier molecular flexibility index (Phi) is 5.76. The molecule has 29 heavy (non-hydrogen) atoms. The summed E-state index contributed by atoms with van der Waals surface area (Å²) in [5.41, 5.74) is 6.37. The number of pyridine rings is 2. The van der Waals surface area contributed by atoms with Crippen LogP contribution in [0.2, 0.25) is 0 Å². The van der Waals surface area contributed by atoms with E-state index in [9.17, 15) is 0 Å². The zero-order valence-electron chi connectivity index (χ0n) is 18.0. The first-order chi connectivity index (χ1) is 14.0. The Morgan fingerprint density at radius 2 is 1.59 bits per heavy atom. The third kappa shape index (κ3) is 4.10. The summed E-state index contributed by atoms with van der Waals surface area (Å²) in [4.78, 5) is 12.3. The predicted octanol–water partition coefficient (Wildman–Crippen LogP) is 3.77. The topological polar surface area (TPSA) is 37.8 Å². The maximum absolute atomic E-state index is 4.81. The molecule has 152 valence electrons. The summed E-state index contributed by atoms with van der Waals surface area (Å²) in [6.07, 6.45) is 12.8. The molecule has 2 atom stereocenters. The highest BCUT2D eigenvalue weighted by Crippen LogP contribution is 2.42. The molecule has 5 nitrogen and oxygen atoms in total. The van der Waals surface area contributed by atoms with Crippen LogP contribution >= 0.6 is 0 Å². The van der Waals surface area contributed by atoms with Crippen molar-refractivity contribution in [1.29, 1.82) is 0 Å². The first-order valence-corrected chi connectivity index (χ1v) is 10.6. The Labute approximate surface area is 174 Å². The van der Waals surface area contributed by atoms with Crippen LogP contribution in [0.15, 0.2) is 49.2 Å². The molecule has 0 saturated carbocycles. The monoisotopic (exact) mass is 390 g/mol. The molecule has 0 amide bonds. The van der Waals surface area contributed by atoms with Gasteiger partial charge in [0.2, 0.25) is 6.33 Å². The van der Waals surface area contributed by atoms with Crippen molar-refractivity contribution < 1.29 is 4.57 Å². The number of hydrogen-bond acceptors (Lipinski definition) is 3. The van der Waals surface area contributed by atoms with E-state index in [-0.39, 0.29) is 0 Å². The molecule has 1 fully saturated rings. The van der Waals surface area contributed by atoms with E-state index >= 15 is 0 Å². The summed E-state index contributed by atoms with van der Waals surface area (Å²) >= 11 is 0. The van der Waals surface area contributed by atoms with Crippen molar-refractivity contribution in [3.8, 4) is 0 Å². The average Bonchev–Trinajstić information content (AvgIpc) is 3.04. The first kappa shape index (κ1) is 19.8. The van der Waals surface area contributed by atoms with Gasteiger partial charge in [0.15, 0.2) is 0 Å². The number of aryl methyl sites for hydroxylation is 4. The van der Waals surface area contributed by atoms with Crippen LogP contribution in [0.4, 0.5) is 0 Å². The minimum atomic E-state index is 0.338. The lowest BCUT2D eigenvalue weighted by Crippen LogP contribution is -2.39. The zero-order chi connectivity index (χ0) is 20.4. The van der Waals surface area contributed by atoms with Crippen LogP contribution in [0.3, 0.4) is 0 Å². The van der Waals surface area contributed by atoms with Gasteiger partial charge in [-0.25, -0.2) is 9.13 Å². The molecule has 0 spiro atoms. The second-order valence-electron chi connectivity index (χ2n) is 8.37. The Morgan fingerprint density at radius 3 is 2.07 bits per heavy atom. The van der Waals surface area contributed by atoms with Crippen molar-refractivity contribution >= 4 is 0 Å². The van der Waals surface area contributed by atoms with Crippen molar-refractivity contribution in [3.63, 3.8) is 0 Å². The molecule has 5 heteroatoms. The first-order valence-electron chi connectivity index (χ1n) is 10.6. The van der Waals surface area contributed by atoms with Crippen molar-refractivity contribution in [2.24, 2.45) is 14.1 Å². The summed E-state index contributed by atoms with van der Waals surface area (Å²) in [5, 5.41) is 0. The number of likely N-dealkylation sites (tertiary alicyclic amines) is 1. The van der Waals surface area contributed by atoms with Crippen LogP contribution in [0.1, 0.15) is 59.6 Å². The smallest absolute Gasteiger partial charge is 0.243 e. The minimum absolute atomic E-state index is 0.338. The largest absolute Gasteiger partial charge is 0.286 e. The van der Waals surface area contributed by atoms with Crippen LogP contribution in [0.5, 0.6) is 0 Å². The van der Waals surface area contributed by atoms with Crippen LogP contribution in [-0.2, 0) is 20.5 Å². The number of imidazole rings is 1. The third-order valence-corrected chi connectivity index (χ3v) is 6.27. The van der Waals surface area contributed by atoms with Gasteiger partial charge in [-0.3, -0.25) is 14.9 Å². The molecule has 1 aliphatic rings. The fourth-order valence-electron chi connectivity index (χ4n) is 4.84. The predicted molar refractivity (Wildman–Crippen MR) is 114 cm³/mol. The molecular weight excluding hydrogens is 358 g/mol. The van der Waals surface area contributed by atoms with Gasteiger partial charge >= 0.3 is 0 Å². The fourth-order valence-corrected chi connectivity index (χ4v) is 4.84. The van der Waals surface area contributed by atoms with E-state index in [0.717, 1.165) is 25.8 Å². The molecule has 0 bridgehead atoms. The molecular formula is C24H32N5+. The molecule has 3 aromatic rings. The zero-order valence-corrected chi connectivity index (χ0v) is 18.0. The van der Waals surface area contributed by atoms with Gasteiger partial charge in [0, 0.05) is 25.4 Å². The summed E-state index contributed by atoms with van der Waals surface area (Å²) in [6, 6.07) is 9.13. The van der Waals surface area contributed by atoms with Crippen molar-refractivity contribution in [2.75, 3.05) is 6.54 Å². The highest BCUT2D eigenvalue weighted by atomic mass is 15.2. The summed E-state index contributed by atoms with van der Waals surface area (Å²) < 4.78 is 4.36. The lowest BCUT2D eigenvalue weighted by atomic mass is 9.88. The highest BCUT2D eigenvalue weighted by molar-refractivity contribution is 5.26. The quantitative estimate of drug-likeness (QED) is 0.623.